The van der Waals surface area contributed by atoms with Crippen LogP contribution in [0.2, 0.25) is 5.15 Å². The second-order valence-electron chi connectivity index (χ2n) is 3.62. The molecule has 0 fully saturated rings. The highest BCUT2D eigenvalue weighted by atomic mass is 79.9. The van der Waals surface area contributed by atoms with Crippen molar-refractivity contribution in [2.75, 3.05) is 5.32 Å². The molecule has 19 heavy (non-hydrogen) atoms. The summed E-state index contributed by atoms with van der Waals surface area (Å²) >= 11 is 9.02. The van der Waals surface area contributed by atoms with E-state index in [9.17, 15) is 8.42 Å². The Morgan fingerprint density at radius 3 is 2.79 bits per heavy atom. The number of hydrogen-bond acceptors (Lipinski definition) is 5. The number of rotatable bonds is 4. The van der Waals surface area contributed by atoms with E-state index in [0.717, 1.165) is 0 Å². The zero-order chi connectivity index (χ0) is 14.0. The first-order chi connectivity index (χ1) is 8.86. The SMILES string of the molecule is NS(=O)(=O)c1ccc(CNc2cnc(Cl)c(Br)c2)o1. The molecule has 2 heterocycles. The van der Waals surface area contributed by atoms with E-state index in [2.05, 4.69) is 26.2 Å². The predicted molar refractivity (Wildman–Crippen MR) is 74.4 cm³/mol. The van der Waals surface area contributed by atoms with Crippen LogP contribution in [0.4, 0.5) is 5.69 Å². The molecule has 2 aromatic heterocycles. The van der Waals surface area contributed by atoms with Gasteiger partial charge in [0.25, 0.3) is 10.0 Å². The minimum absolute atomic E-state index is 0.264. The van der Waals surface area contributed by atoms with Crippen molar-refractivity contribution in [1.29, 1.82) is 0 Å². The van der Waals surface area contributed by atoms with Gasteiger partial charge < -0.3 is 9.73 Å². The van der Waals surface area contributed by atoms with Gasteiger partial charge in [0.15, 0.2) is 0 Å². The summed E-state index contributed by atoms with van der Waals surface area (Å²) < 4.78 is 27.8. The Morgan fingerprint density at radius 1 is 1.47 bits per heavy atom. The summed E-state index contributed by atoms with van der Waals surface area (Å²) in [5.74, 6) is 0.440. The molecule has 0 spiro atoms. The van der Waals surface area contributed by atoms with Gasteiger partial charge in [-0.1, -0.05) is 11.6 Å². The number of pyridine rings is 1. The zero-order valence-corrected chi connectivity index (χ0v) is 12.6. The lowest BCUT2D eigenvalue weighted by molar-refractivity contribution is 0.419. The van der Waals surface area contributed by atoms with Crippen molar-refractivity contribution in [2.24, 2.45) is 5.14 Å². The Labute approximate surface area is 123 Å². The van der Waals surface area contributed by atoms with Crippen LogP contribution in [0.3, 0.4) is 0 Å². The normalized spacial score (nSPS) is 11.5. The van der Waals surface area contributed by atoms with Gasteiger partial charge >= 0.3 is 0 Å². The number of primary sulfonamides is 1. The number of nitrogens with two attached hydrogens (primary N) is 1. The molecule has 0 bridgehead atoms. The molecule has 2 aromatic rings. The number of hydrogen-bond donors (Lipinski definition) is 2. The molecule has 0 unspecified atom stereocenters. The second-order valence-corrected chi connectivity index (χ2v) is 6.32. The highest BCUT2D eigenvalue weighted by Gasteiger charge is 2.13. The summed E-state index contributed by atoms with van der Waals surface area (Å²) in [4.78, 5) is 3.94. The second kappa shape index (κ2) is 5.49. The number of nitrogens with one attached hydrogen (secondary N) is 1. The van der Waals surface area contributed by atoms with E-state index in [0.29, 0.717) is 27.6 Å². The van der Waals surface area contributed by atoms with Crippen LogP contribution in [-0.4, -0.2) is 13.4 Å². The van der Waals surface area contributed by atoms with Gasteiger partial charge in [0.1, 0.15) is 10.9 Å². The minimum atomic E-state index is -3.81. The van der Waals surface area contributed by atoms with Crippen LogP contribution in [-0.2, 0) is 16.6 Å². The molecule has 3 N–H and O–H groups in total. The number of halogens is 2. The van der Waals surface area contributed by atoms with Crippen molar-refractivity contribution in [3.63, 3.8) is 0 Å². The van der Waals surface area contributed by atoms with Crippen molar-refractivity contribution in [3.8, 4) is 0 Å². The van der Waals surface area contributed by atoms with E-state index in [1.54, 1.807) is 12.3 Å². The average molecular weight is 367 g/mol. The first-order valence-electron chi connectivity index (χ1n) is 5.02. The summed E-state index contributed by atoms with van der Waals surface area (Å²) in [6.45, 7) is 0.297. The van der Waals surface area contributed by atoms with E-state index >= 15 is 0 Å². The quantitative estimate of drug-likeness (QED) is 0.809. The van der Waals surface area contributed by atoms with Gasteiger partial charge in [-0.25, -0.2) is 18.5 Å². The molecule has 0 amide bonds. The number of aromatic nitrogens is 1. The summed E-state index contributed by atoms with van der Waals surface area (Å²) in [6.07, 6.45) is 1.55. The summed E-state index contributed by atoms with van der Waals surface area (Å²) in [5, 5.41) is 8.05. The molecule has 0 aliphatic rings. The molecular formula is C10H9BrClN3O3S. The molecule has 0 aliphatic heterocycles. The van der Waals surface area contributed by atoms with E-state index in [4.69, 9.17) is 21.2 Å². The smallest absolute Gasteiger partial charge is 0.271 e. The fourth-order valence-corrected chi connectivity index (χ4v) is 2.25. The van der Waals surface area contributed by atoms with Gasteiger partial charge in [0.2, 0.25) is 5.09 Å². The third kappa shape index (κ3) is 3.69. The van der Waals surface area contributed by atoms with Crippen LogP contribution < -0.4 is 10.5 Å². The number of nitrogens with zero attached hydrogens (tertiary/aromatic N) is 1. The van der Waals surface area contributed by atoms with E-state index < -0.39 is 10.0 Å². The van der Waals surface area contributed by atoms with Crippen molar-refractivity contribution < 1.29 is 12.8 Å². The molecule has 0 atom stereocenters. The molecule has 0 radical (unpaired) electrons. The third-order valence-corrected chi connectivity index (χ3v) is 4.09. The first kappa shape index (κ1) is 14.3. The standard InChI is InChI=1S/C10H9BrClN3O3S/c11-8-3-6(4-15-10(8)12)14-5-7-1-2-9(18-7)19(13,16)17/h1-4,14H,5H2,(H2,13,16,17). The van der Waals surface area contributed by atoms with Crippen LogP contribution in [0, 0.1) is 0 Å². The Balaban J connectivity index is 2.06. The van der Waals surface area contributed by atoms with Gasteiger partial charge in [-0.15, -0.1) is 0 Å². The van der Waals surface area contributed by atoms with Gasteiger partial charge in [0, 0.05) is 0 Å². The first-order valence-corrected chi connectivity index (χ1v) is 7.74. The molecule has 102 valence electrons. The summed E-state index contributed by atoms with van der Waals surface area (Å²) in [7, 11) is -3.81. The maximum atomic E-state index is 11.0. The van der Waals surface area contributed by atoms with Gasteiger partial charge in [0.05, 0.1) is 22.9 Å². The van der Waals surface area contributed by atoms with E-state index in [-0.39, 0.29) is 5.09 Å². The maximum absolute atomic E-state index is 11.0. The number of anilines is 1. The van der Waals surface area contributed by atoms with Gasteiger partial charge in [-0.2, -0.15) is 0 Å². The van der Waals surface area contributed by atoms with Gasteiger partial charge in [-0.05, 0) is 34.1 Å². The Kier molecular flexibility index (Phi) is 4.14. The topological polar surface area (TPSA) is 98.2 Å². The molecule has 9 heteroatoms. The van der Waals surface area contributed by atoms with Gasteiger partial charge in [-0.3, -0.25) is 0 Å². The highest BCUT2D eigenvalue weighted by molar-refractivity contribution is 9.10. The van der Waals surface area contributed by atoms with Crippen LogP contribution in [0.5, 0.6) is 0 Å². The Morgan fingerprint density at radius 2 is 2.21 bits per heavy atom. The van der Waals surface area contributed by atoms with Crippen LogP contribution in [0.25, 0.3) is 0 Å². The molecule has 0 saturated heterocycles. The van der Waals surface area contributed by atoms with Crippen molar-refractivity contribution in [2.45, 2.75) is 11.6 Å². The van der Waals surface area contributed by atoms with Crippen LogP contribution in [0.15, 0.2) is 38.4 Å². The third-order valence-electron chi connectivity index (χ3n) is 2.18. The fourth-order valence-electron chi connectivity index (χ4n) is 1.31. The number of sulfonamides is 1. The van der Waals surface area contributed by atoms with Crippen molar-refractivity contribution in [1.82, 2.24) is 4.98 Å². The van der Waals surface area contributed by atoms with Crippen molar-refractivity contribution in [3.05, 3.63) is 39.8 Å². The predicted octanol–water partition coefficient (Wildman–Crippen LogP) is 2.35. The molecule has 0 saturated carbocycles. The lowest BCUT2D eigenvalue weighted by Crippen LogP contribution is -2.10. The number of furan rings is 1. The zero-order valence-electron chi connectivity index (χ0n) is 9.43. The molecule has 6 nitrogen and oxygen atoms in total. The van der Waals surface area contributed by atoms with E-state index in [1.165, 1.54) is 12.1 Å². The largest absolute Gasteiger partial charge is 0.446 e. The Hall–Kier alpha value is -1.09. The molecule has 0 aromatic carbocycles. The molecular weight excluding hydrogens is 358 g/mol. The lowest BCUT2D eigenvalue weighted by atomic mass is 10.4. The Bertz CT molecular complexity index is 702. The summed E-state index contributed by atoms with van der Waals surface area (Å²) in [6, 6.07) is 4.59. The van der Waals surface area contributed by atoms with Crippen LogP contribution >= 0.6 is 27.5 Å². The molecule has 2 rings (SSSR count). The lowest BCUT2D eigenvalue weighted by Gasteiger charge is -2.04. The fraction of sp³-hybridized carbons (Fsp3) is 0.100. The summed E-state index contributed by atoms with van der Waals surface area (Å²) in [5.41, 5.74) is 0.713. The highest BCUT2D eigenvalue weighted by Crippen LogP contribution is 2.23. The molecule has 0 aliphatic carbocycles. The van der Waals surface area contributed by atoms with E-state index in [1.807, 2.05) is 0 Å². The van der Waals surface area contributed by atoms with Crippen LogP contribution in [0.1, 0.15) is 5.76 Å². The monoisotopic (exact) mass is 365 g/mol. The average Bonchev–Trinajstić information content (AvgIpc) is 2.79. The maximum Gasteiger partial charge on any atom is 0.271 e. The van der Waals surface area contributed by atoms with Crippen molar-refractivity contribution >= 4 is 43.2 Å². The minimum Gasteiger partial charge on any atom is -0.446 e.